The number of halogens is 1. The number of ether oxygens (including phenoxy) is 2. The highest BCUT2D eigenvalue weighted by Gasteiger charge is 2.19. The summed E-state index contributed by atoms with van der Waals surface area (Å²) in [5.74, 6) is 0.308. The second-order valence-electron chi connectivity index (χ2n) is 7.97. The van der Waals surface area contributed by atoms with Gasteiger partial charge in [-0.25, -0.2) is 0 Å². The minimum absolute atomic E-state index is 0.0801. The lowest BCUT2D eigenvalue weighted by Crippen LogP contribution is -2.36. The number of rotatable bonds is 11. The molecule has 0 unspecified atom stereocenters. The first kappa shape index (κ1) is 24.9. The topological polar surface area (TPSA) is 88.7 Å². The number of benzene rings is 2. The van der Waals surface area contributed by atoms with E-state index in [-0.39, 0.29) is 24.4 Å². The van der Waals surface area contributed by atoms with Crippen LogP contribution < -0.4 is 20.7 Å². The highest BCUT2D eigenvalue weighted by atomic mass is 35.5. The molecule has 1 saturated carbocycles. The van der Waals surface area contributed by atoms with Crippen molar-refractivity contribution in [1.29, 1.82) is 0 Å². The highest BCUT2D eigenvalue weighted by Crippen LogP contribution is 2.23. The number of anilines is 2. The van der Waals surface area contributed by atoms with E-state index < -0.39 is 0 Å². The molecule has 2 amide bonds. The van der Waals surface area contributed by atoms with Gasteiger partial charge < -0.3 is 25.4 Å². The third kappa shape index (κ3) is 8.26. The molecule has 0 bridgehead atoms. The minimum atomic E-state index is -0.229. The second-order valence-corrected chi connectivity index (χ2v) is 8.38. The molecule has 0 radical (unpaired) electrons. The van der Waals surface area contributed by atoms with Crippen molar-refractivity contribution in [3.05, 3.63) is 53.1 Å². The first-order valence-electron chi connectivity index (χ1n) is 11.5. The van der Waals surface area contributed by atoms with Crippen molar-refractivity contribution in [1.82, 2.24) is 5.32 Å². The summed E-state index contributed by atoms with van der Waals surface area (Å²) in [4.78, 5) is 25.1. The molecule has 0 saturated heterocycles. The molecule has 1 fully saturated rings. The van der Waals surface area contributed by atoms with Crippen LogP contribution in [0.25, 0.3) is 0 Å². The van der Waals surface area contributed by atoms with Crippen molar-refractivity contribution in [3.63, 3.8) is 0 Å². The third-order valence-electron chi connectivity index (χ3n) is 5.44. The zero-order chi connectivity index (χ0) is 23.5. The van der Waals surface area contributed by atoms with E-state index >= 15 is 0 Å². The maximum Gasteiger partial charge on any atom is 0.253 e. The molecule has 33 heavy (non-hydrogen) atoms. The summed E-state index contributed by atoms with van der Waals surface area (Å²) in [7, 11) is 0. The molecule has 0 spiro atoms. The molecule has 178 valence electrons. The van der Waals surface area contributed by atoms with Crippen molar-refractivity contribution < 1.29 is 19.1 Å². The molecule has 0 aromatic heterocycles. The standard InChI is InChI=1S/C25H32ClN3O4/c1-2-32-14-15-33-21-11-8-18(9-12-21)27-17-24(30)28-20-10-13-23(26)22(16-20)25(31)29-19-6-4-3-5-7-19/h8-13,16,19,27H,2-7,14-15,17H2,1H3,(H,28,30)(H,29,31). The van der Waals surface area contributed by atoms with E-state index in [9.17, 15) is 9.59 Å². The van der Waals surface area contributed by atoms with Gasteiger partial charge in [-0.1, -0.05) is 30.9 Å². The molecule has 1 aliphatic carbocycles. The lowest BCUT2D eigenvalue weighted by atomic mass is 9.95. The molecule has 1 aliphatic rings. The van der Waals surface area contributed by atoms with E-state index in [2.05, 4.69) is 16.0 Å². The molecule has 3 rings (SSSR count). The van der Waals surface area contributed by atoms with Crippen molar-refractivity contribution in [2.45, 2.75) is 45.1 Å². The van der Waals surface area contributed by atoms with Gasteiger partial charge in [0.25, 0.3) is 5.91 Å². The molecule has 3 N–H and O–H groups in total. The van der Waals surface area contributed by atoms with Gasteiger partial charge in [0, 0.05) is 24.0 Å². The zero-order valence-electron chi connectivity index (χ0n) is 19.0. The average Bonchev–Trinajstić information content (AvgIpc) is 2.83. The fourth-order valence-electron chi connectivity index (χ4n) is 3.71. The van der Waals surface area contributed by atoms with Gasteiger partial charge in [0.1, 0.15) is 12.4 Å². The normalized spacial score (nSPS) is 13.9. The Labute approximate surface area is 200 Å². The number of carbonyl (C=O) groups is 2. The van der Waals surface area contributed by atoms with Crippen LogP contribution in [0.3, 0.4) is 0 Å². The van der Waals surface area contributed by atoms with Gasteiger partial charge in [0.05, 0.1) is 23.7 Å². The summed E-state index contributed by atoms with van der Waals surface area (Å²) < 4.78 is 10.8. The largest absolute Gasteiger partial charge is 0.491 e. The fourth-order valence-corrected chi connectivity index (χ4v) is 3.91. The van der Waals surface area contributed by atoms with Crippen molar-refractivity contribution in [3.8, 4) is 5.75 Å². The van der Waals surface area contributed by atoms with E-state index in [1.807, 2.05) is 31.2 Å². The lowest BCUT2D eigenvalue weighted by Gasteiger charge is -2.23. The van der Waals surface area contributed by atoms with Gasteiger partial charge >= 0.3 is 0 Å². The summed E-state index contributed by atoms with van der Waals surface area (Å²) in [6.07, 6.45) is 5.46. The van der Waals surface area contributed by atoms with E-state index in [0.29, 0.717) is 36.1 Å². The van der Waals surface area contributed by atoms with Gasteiger partial charge in [-0.2, -0.15) is 0 Å². The highest BCUT2D eigenvalue weighted by molar-refractivity contribution is 6.34. The Balaban J connectivity index is 1.47. The number of nitrogens with one attached hydrogen (secondary N) is 3. The van der Waals surface area contributed by atoms with Crippen LogP contribution in [0, 0.1) is 0 Å². The number of hydrogen-bond acceptors (Lipinski definition) is 5. The van der Waals surface area contributed by atoms with E-state index in [1.165, 1.54) is 6.42 Å². The Morgan fingerprint density at radius 3 is 2.45 bits per heavy atom. The molecular weight excluding hydrogens is 442 g/mol. The molecule has 2 aromatic rings. The minimum Gasteiger partial charge on any atom is -0.491 e. The molecule has 7 nitrogen and oxygen atoms in total. The fraction of sp³-hybridized carbons (Fsp3) is 0.440. The molecule has 0 heterocycles. The molecular formula is C25H32ClN3O4. The molecule has 2 aromatic carbocycles. The van der Waals surface area contributed by atoms with Gasteiger partial charge in [0.15, 0.2) is 0 Å². The number of hydrogen-bond donors (Lipinski definition) is 3. The molecule has 8 heteroatoms. The zero-order valence-corrected chi connectivity index (χ0v) is 19.7. The van der Waals surface area contributed by atoms with Crippen molar-refractivity contribution in [2.24, 2.45) is 0 Å². The first-order valence-corrected chi connectivity index (χ1v) is 11.9. The maximum atomic E-state index is 12.7. The Morgan fingerprint density at radius 2 is 1.73 bits per heavy atom. The van der Waals surface area contributed by atoms with Crippen LogP contribution in [-0.4, -0.2) is 44.2 Å². The summed E-state index contributed by atoms with van der Waals surface area (Å²) >= 11 is 6.24. The van der Waals surface area contributed by atoms with E-state index in [1.54, 1.807) is 18.2 Å². The summed E-state index contributed by atoms with van der Waals surface area (Å²) in [5.41, 5.74) is 1.69. The smallest absolute Gasteiger partial charge is 0.253 e. The van der Waals surface area contributed by atoms with Crippen LogP contribution in [0.5, 0.6) is 5.75 Å². The Hall–Kier alpha value is -2.77. The van der Waals surface area contributed by atoms with Gasteiger partial charge in [0.2, 0.25) is 5.91 Å². The van der Waals surface area contributed by atoms with Gasteiger partial charge in [-0.15, -0.1) is 0 Å². The van der Waals surface area contributed by atoms with E-state index in [4.69, 9.17) is 21.1 Å². The van der Waals surface area contributed by atoms with Crippen molar-refractivity contribution in [2.75, 3.05) is 37.0 Å². The van der Waals surface area contributed by atoms with Gasteiger partial charge in [-0.3, -0.25) is 9.59 Å². The average molecular weight is 474 g/mol. The Morgan fingerprint density at radius 1 is 1.00 bits per heavy atom. The number of carbonyl (C=O) groups excluding carboxylic acids is 2. The predicted octanol–water partition coefficient (Wildman–Crippen LogP) is 4.87. The quantitative estimate of drug-likeness (QED) is 0.405. The van der Waals surface area contributed by atoms with Crippen LogP contribution in [0.2, 0.25) is 5.02 Å². The Kier molecular flexibility index (Phi) is 9.84. The molecule has 0 atom stereocenters. The maximum absolute atomic E-state index is 12.7. The predicted molar refractivity (Wildman–Crippen MR) is 131 cm³/mol. The number of amides is 2. The first-order chi connectivity index (χ1) is 16.0. The van der Waals surface area contributed by atoms with Crippen molar-refractivity contribution >= 4 is 34.8 Å². The van der Waals surface area contributed by atoms with Crippen LogP contribution in [-0.2, 0) is 9.53 Å². The summed E-state index contributed by atoms with van der Waals surface area (Å²) in [6, 6.07) is 12.5. The van der Waals surface area contributed by atoms with Crippen LogP contribution >= 0.6 is 11.6 Å². The molecule has 0 aliphatic heterocycles. The summed E-state index contributed by atoms with van der Waals surface area (Å²) in [5, 5.41) is 9.31. The monoisotopic (exact) mass is 473 g/mol. The lowest BCUT2D eigenvalue weighted by molar-refractivity contribution is -0.114. The Bertz CT molecular complexity index is 914. The van der Waals surface area contributed by atoms with E-state index in [0.717, 1.165) is 37.1 Å². The van der Waals surface area contributed by atoms with Gasteiger partial charge in [-0.05, 0) is 62.2 Å². The second kappa shape index (κ2) is 13.1. The summed E-state index contributed by atoms with van der Waals surface area (Å²) in [6.45, 7) is 3.73. The van der Waals surface area contributed by atoms with Crippen LogP contribution in [0.4, 0.5) is 11.4 Å². The van der Waals surface area contributed by atoms with Crippen LogP contribution in [0.1, 0.15) is 49.4 Å². The van der Waals surface area contributed by atoms with Crippen LogP contribution in [0.15, 0.2) is 42.5 Å². The SMILES string of the molecule is CCOCCOc1ccc(NCC(=O)Nc2ccc(Cl)c(C(=O)NC3CCCCC3)c2)cc1. The third-order valence-corrected chi connectivity index (χ3v) is 5.77.